The number of pyridine rings is 2. The molecule has 0 aliphatic heterocycles. The molecule has 5 rings (SSSR count). The van der Waals surface area contributed by atoms with E-state index >= 15 is 0 Å². The molecule has 3 heterocycles. The lowest BCUT2D eigenvalue weighted by molar-refractivity contribution is 0.102. The van der Waals surface area contributed by atoms with Crippen molar-refractivity contribution in [3.63, 3.8) is 0 Å². The molecule has 1 N–H and O–H groups in total. The molecule has 34 heavy (non-hydrogen) atoms. The van der Waals surface area contributed by atoms with Gasteiger partial charge >= 0.3 is 5.76 Å². The highest BCUT2D eigenvalue weighted by Crippen LogP contribution is 2.26. The Balaban J connectivity index is 1.52. The van der Waals surface area contributed by atoms with Gasteiger partial charge in [0.15, 0.2) is 5.58 Å². The second kappa shape index (κ2) is 8.92. The maximum absolute atomic E-state index is 13.4. The van der Waals surface area contributed by atoms with Gasteiger partial charge in [0, 0.05) is 42.1 Å². The number of likely N-dealkylation sites (N-methyl/N-ethyl adjacent to an activating group) is 1. The van der Waals surface area contributed by atoms with E-state index in [-0.39, 0.29) is 5.91 Å². The van der Waals surface area contributed by atoms with Crippen molar-refractivity contribution in [2.45, 2.75) is 6.54 Å². The number of hydrogen-bond donors (Lipinski definition) is 1. The number of para-hydroxylation sites is 1. The smallest absolute Gasteiger partial charge is 0.408 e. The van der Waals surface area contributed by atoms with Crippen LogP contribution in [0, 0.1) is 0 Å². The topological polar surface area (TPSA) is 93.3 Å². The number of aromatic nitrogens is 3. The van der Waals surface area contributed by atoms with Gasteiger partial charge in [0.2, 0.25) is 0 Å². The van der Waals surface area contributed by atoms with Crippen LogP contribution in [0.1, 0.15) is 10.4 Å². The molecule has 0 saturated heterocycles. The zero-order chi connectivity index (χ0) is 23.7. The van der Waals surface area contributed by atoms with Crippen molar-refractivity contribution in [1.29, 1.82) is 0 Å². The molecule has 0 atom stereocenters. The molecule has 0 bridgehead atoms. The Morgan fingerprint density at radius 3 is 2.65 bits per heavy atom. The summed E-state index contributed by atoms with van der Waals surface area (Å²) >= 11 is 0. The number of fused-ring (bicyclic) bond motifs is 2. The summed E-state index contributed by atoms with van der Waals surface area (Å²) < 4.78 is 6.94. The van der Waals surface area contributed by atoms with Crippen molar-refractivity contribution >= 4 is 33.6 Å². The zero-order valence-corrected chi connectivity index (χ0v) is 18.9. The van der Waals surface area contributed by atoms with Gasteiger partial charge in [-0.1, -0.05) is 18.2 Å². The molecule has 0 fully saturated rings. The van der Waals surface area contributed by atoms with E-state index < -0.39 is 5.76 Å². The second-order valence-electron chi connectivity index (χ2n) is 8.27. The number of nitrogens with one attached hydrogen (secondary N) is 1. The Bertz CT molecular complexity index is 1550. The first-order valence-corrected chi connectivity index (χ1v) is 10.9. The Hall–Kier alpha value is -4.30. The van der Waals surface area contributed by atoms with Crippen molar-refractivity contribution in [2.24, 2.45) is 0 Å². The van der Waals surface area contributed by atoms with Gasteiger partial charge in [-0.25, -0.2) is 9.78 Å². The van der Waals surface area contributed by atoms with Crippen molar-refractivity contribution in [1.82, 2.24) is 19.4 Å². The highest BCUT2D eigenvalue weighted by atomic mass is 16.4. The van der Waals surface area contributed by atoms with Crippen LogP contribution >= 0.6 is 0 Å². The first kappa shape index (κ1) is 21.5. The molecule has 8 nitrogen and oxygen atoms in total. The van der Waals surface area contributed by atoms with Gasteiger partial charge in [-0.15, -0.1) is 0 Å². The van der Waals surface area contributed by atoms with Gasteiger partial charge in [0.25, 0.3) is 5.91 Å². The lowest BCUT2D eigenvalue weighted by Gasteiger charge is -2.11. The summed E-state index contributed by atoms with van der Waals surface area (Å²) in [5, 5.41) is 3.73. The fourth-order valence-corrected chi connectivity index (χ4v) is 3.88. The van der Waals surface area contributed by atoms with Crippen LogP contribution in [0.4, 0.5) is 5.69 Å². The predicted molar refractivity (Wildman–Crippen MR) is 132 cm³/mol. The van der Waals surface area contributed by atoms with Crippen molar-refractivity contribution in [2.75, 3.05) is 26.0 Å². The highest BCUT2D eigenvalue weighted by Gasteiger charge is 2.16. The molecule has 0 saturated carbocycles. The van der Waals surface area contributed by atoms with E-state index in [1.807, 2.05) is 55.4 Å². The Morgan fingerprint density at radius 1 is 1.06 bits per heavy atom. The average Bonchev–Trinajstić information content (AvgIpc) is 3.16. The van der Waals surface area contributed by atoms with Crippen LogP contribution in [-0.4, -0.2) is 46.0 Å². The minimum atomic E-state index is -0.414. The first-order valence-electron chi connectivity index (χ1n) is 10.9. The fraction of sp³-hybridized carbons (Fsp3) is 0.154. The molecular weight excluding hydrogens is 430 g/mol. The van der Waals surface area contributed by atoms with Gasteiger partial charge in [0.05, 0.1) is 22.3 Å². The molecule has 0 radical (unpaired) electrons. The fourth-order valence-electron chi connectivity index (χ4n) is 3.88. The summed E-state index contributed by atoms with van der Waals surface area (Å²) in [5.74, 6) is -0.679. The van der Waals surface area contributed by atoms with Crippen molar-refractivity contribution in [3.05, 3.63) is 89.2 Å². The Morgan fingerprint density at radius 2 is 1.85 bits per heavy atom. The van der Waals surface area contributed by atoms with E-state index in [0.29, 0.717) is 41.1 Å². The SMILES string of the molecule is CN(C)CCn1c(=O)oc2ccc(NC(=O)c3cc(-c4ccncc4)nc4ccccc34)cc21. The number of oxazole rings is 1. The number of benzene rings is 2. The zero-order valence-electron chi connectivity index (χ0n) is 18.9. The molecule has 0 aliphatic carbocycles. The molecule has 170 valence electrons. The van der Waals surface area contributed by atoms with Crippen LogP contribution in [0.3, 0.4) is 0 Å². The molecular formula is C26H23N5O3. The molecule has 3 aromatic heterocycles. The maximum Gasteiger partial charge on any atom is 0.419 e. The monoisotopic (exact) mass is 453 g/mol. The second-order valence-corrected chi connectivity index (χ2v) is 8.27. The van der Waals surface area contributed by atoms with Gasteiger partial charge in [-0.05, 0) is 56.6 Å². The van der Waals surface area contributed by atoms with Crippen LogP contribution in [0.2, 0.25) is 0 Å². The van der Waals surface area contributed by atoms with E-state index in [2.05, 4.69) is 10.3 Å². The van der Waals surface area contributed by atoms with E-state index in [9.17, 15) is 9.59 Å². The molecule has 8 heteroatoms. The lowest BCUT2D eigenvalue weighted by Crippen LogP contribution is -2.23. The molecule has 5 aromatic rings. The minimum absolute atomic E-state index is 0.265. The largest absolute Gasteiger partial charge is 0.419 e. The quantitative estimate of drug-likeness (QED) is 0.417. The number of carbonyl (C=O) groups is 1. The summed E-state index contributed by atoms with van der Waals surface area (Å²) in [4.78, 5) is 36.5. The summed E-state index contributed by atoms with van der Waals surface area (Å²) in [7, 11) is 3.89. The molecule has 0 spiro atoms. The number of nitrogens with zero attached hydrogens (tertiary/aromatic N) is 4. The van der Waals surface area contributed by atoms with E-state index in [1.54, 1.807) is 41.2 Å². The van der Waals surface area contributed by atoms with Crippen molar-refractivity contribution in [3.8, 4) is 11.3 Å². The standard InChI is InChI=1S/C26H23N5O3/c1-30(2)13-14-31-23-15-18(7-8-24(23)34-26(31)33)28-25(32)20-16-22(17-9-11-27-12-10-17)29-21-6-4-3-5-19(20)21/h3-12,15-16H,13-14H2,1-2H3,(H,28,32). The average molecular weight is 454 g/mol. The lowest BCUT2D eigenvalue weighted by atomic mass is 10.0. The third-order valence-corrected chi connectivity index (χ3v) is 5.63. The highest BCUT2D eigenvalue weighted by molar-refractivity contribution is 6.13. The van der Waals surface area contributed by atoms with Crippen molar-refractivity contribution < 1.29 is 9.21 Å². The van der Waals surface area contributed by atoms with Gasteiger partial charge < -0.3 is 14.6 Å². The van der Waals surface area contributed by atoms with Crippen LogP contribution in [0.25, 0.3) is 33.3 Å². The number of anilines is 1. The molecule has 2 aromatic carbocycles. The Labute approximate surface area is 195 Å². The van der Waals surface area contributed by atoms with E-state index in [4.69, 9.17) is 9.40 Å². The number of rotatable bonds is 6. The Kier molecular flexibility index (Phi) is 5.65. The normalized spacial score (nSPS) is 11.4. The van der Waals surface area contributed by atoms with Crippen LogP contribution < -0.4 is 11.1 Å². The third kappa shape index (κ3) is 4.18. The molecule has 0 aliphatic rings. The molecule has 1 amide bonds. The van der Waals surface area contributed by atoms with Crippen LogP contribution in [0.15, 0.2) is 82.3 Å². The summed E-state index contributed by atoms with van der Waals surface area (Å²) in [5.41, 5.74) is 4.49. The van der Waals surface area contributed by atoms with Crippen LogP contribution in [0.5, 0.6) is 0 Å². The minimum Gasteiger partial charge on any atom is -0.408 e. The summed E-state index contributed by atoms with van der Waals surface area (Å²) in [6.07, 6.45) is 3.39. The summed E-state index contributed by atoms with van der Waals surface area (Å²) in [6.45, 7) is 1.17. The van der Waals surface area contributed by atoms with E-state index in [1.165, 1.54) is 0 Å². The molecule has 0 unspecified atom stereocenters. The van der Waals surface area contributed by atoms with Gasteiger partial charge in [-0.2, -0.15) is 0 Å². The van der Waals surface area contributed by atoms with Crippen LogP contribution in [-0.2, 0) is 6.54 Å². The number of amides is 1. The maximum atomic E-state index is 13.4. The van der Waals surface area contributed by atoms with Gasteiger partial charge in [0.1, 0.15) is 0 Å². The third-order valence-electron chi connectivity index (χ3n) is 5.63. The van der Waals surface area contributed by atoms with E-state index in [0.717, 1.165) is 16.5 Å². The number of carbonyl (C=O) groups excluding carboxylic acids is 1. The van der Waals surface area contributed by atoms with Gasteiger partial charge in [-0.3, -0.25) is 14.3 Å². The first-order chi connectivity index (χ1) is 16.5. The predicted octanol–water partition coefficient (Wildman–Crippen LogP) is 4.02. The number of hydrogen-bond acceptors (Lipinski definition) is 6. The summed E-state index contributed by atoms with van der Waals surface area (Å²) in [6, 6.07) is 18.2.